The van der Waals surface area contributed by atoms with Crippen molar-refractivity contribution in [1.29, 1.82) is 0 Å². The van der Waals surface area contributed by atoms with Crippen LogP contribution in [-0.4, -0.2) is 35.4 Å². The van der Waals surface area contributed by atoms with E-state index in [0.717, 1.165) is 12.2 Å². The van der Waals surface area contributed by atoms with Crippen molar-refractivity contribution in [3.63, 3.8) is 0 Å². The topological polar surface area (TPSA) is 70.6 Å². The second kappa shape index (κ2) is 9.38. The van der Waals surface area contributed by atoms with E-state index in [0.29, 0.717) is 24.6 Å². The zero-order chi connectivity index (χ0) is 16.5. The van der Waals surface area contributed by atoms with Gasteiger partial charge in [0.2, 0.25) is 0 Å². The lowest BCUT2D eigenvalue weighted by molar-refractivity contribution is 0.0976. The normalized spacial score (nSPS) is 11.9. The fraction of sp³-hybridized carbons (Fsp3) is 0.500. The number of aliphatic hydroxyl groups is 1. The number of hydrogen-bond acceptors (Lipinski definition) is 4. The van der Waals surface area contributed by atoms with Crippen LogP contribution in [0.25, 0.3) is 0 Å². The van der Waals surface area contributed by atoms with Crippen LogP contribution < -0.4 is 15.4 Å². The van der Waals surface area contributed by atoms with Gasteiger partial charge in [-0.25, -0.2) is 0 Å². The smallest absolute Gasteiger partial charge is 0.257 e. The molecule has 0 saturated carbocycles. The van der Waals surface area contributed by atoms with E-state index >= 15 is 0 Å². The predicted molar refractivity (Wildman–Crippen MR) is 91.1 cm³/mol. The Bertz CT molecular complexity index is 487. The minimum absolute atomic E-state index is 0.197. The summed E-state index contributed by atoms with van der Waals surface area (Å²) in [6.07, 6.45) is 0.461. The van der Waals surface area contributed by atoms with Crippen molar-refractivity contribution < 1.29 is 14.6 Å². The van der Waals surface area contributed by atoms with Gasteiger partial charge in [-0.05, 0) is 55.7 Å². The molecular formula is C16H24N2O3S. The highest BCUT2D eigenvalue weighted by atomic mass is 32.1. The van der Waals surface area contributed by atoms with Crippen LogP contribution in [-0.2, 0) is 0 Å². The number of amides is 1. The highest BCUT2D eigenvalue weighted by Gasteiger charge is 2.08. The predicted octanol–water partition coefficient (Wildman–Crippen LogP) is 2.10. The molecular weight excluding hydrogens is 300 g/mol. The van der Waals surface area contributed by atoms with Gasteiger partial charge in [0, 0.05) is 12.1 Å². The maximum absolute atomic E-state index is 12.0. The average Bonchev–Trinajstić information content (AvgIpc) is 2.45. The number of thiocarbonyl (C=S) groups is 1. The average molecular weight is 324 g/mol. The molecule has 1 amide bonds. The number of carbonyl (C=O) groups excluding carboxylic acids is 1. The minimum atomic E-state index is -0.530. The molecule has 0 bridgehead atoms. The molecule has 0 aliphatic carbocycles. The van der Waals surface area contributed by atoms with E-state index in [9.17, 15) is 4.79 Å². The molecule has 0 spiro atoms. The number of benzene rings is 1. The number of ether oxygens (including phenoxy) is 1. The summed E-state index contributed by atoms with van der Waals surface area (Å²) in [7, 11) is 0. The molecule has 1 atom stereocenters. The van der Waals surface area contributed by atoms with Crippen molar-refractivity contribution in [1.82, 2.24) is 10.6 Å². The van der Waals surface area contributed by atoms with Crippen molar-refractivity contribution in [2.45, 2.75) is 33.3 Å². The van der Waals surface area contributed by atoms with E-state index in [-0.39, 0.29) is 11.0 Å². The first-order valence-corrected chi connectivity index (χ1v) is 7.79. The molecule has 0 aliphatic heterocycles. The van der Waals surface area contributed by atoms with Gasteiger partial charge in [-0.3, -0.25) is 10.1 Å². The lowest BCUT2D eigenvalue weighted by atomic mass is 10.1. The molecule has 22 heavy (non-hydrogen) atoms. The molecule has 0 radical (unpaired) electrons. The third-order valence-corrected chi connectivity index (χ3v) is 3.11. The number of aliphatic hydroxyl groups excluding tert-OH is 1. The fourth-order valence-corrected chi connectivity index (χ4v) is 1.75. The zero-order valence-electron chi connectivity index (χ0n) is 13.3. The Balaban J connectivity index is 2.44. The molecule has 1 unspecified atom stereocenters. The Morgan fingerprint density at radius 2 is 1.91 bits per heavy atom. The zero-order valence-corrected chi connectivity index (χ0v) is 14.1. The van der Waals surface area contributed by atoms with Gasteiger partial charge in [-0.2, -0.15) is 0 Å². The summed E-state index contributed by atoms with van der Waals surface area (Å²) in [5.74, 6) is 1.05. The largest absolute Gasteiger partial charge is 0.494 e. The molecule has 3 N–H and O–H groups in total. The second-order valence-corrected chi connectivity index (χ2v) is 5.98. The van der Waals surface area contributed by atoms with Crippen LogP contribution in [0, 0.1) is 5.92 Å². The quantitative estimate of drug-likeness (QED) is 0.670. The molecule has 6 heteroatoms. The van der Waals surface area contributed by atoms with Gasteiger partial charge in [0.1, 0.15) is 5.75 Å². The fourth-order valence-electron chi connectivity index (χ4n) is 1.57. The molecule has 0 saturated heterocycles. The van der Waals surface area contributed by atoms with Crippen LogP contribution in [0.5, 0.6) is 5.75 Å². The summed E-state index contributed by atoms with van der Waals surface area (Å²) >= 11 is 4.98. The Morgan fingerprint density at radius 1 is 1.27 bits per heavy atom. The monoisotopic (exact) mass is 324 g/mol. The Kier molecular flexibility index (Phi) is 7.84. The van der Waals surface area contributed by atoms with Gasteiger partial charge in [0.25, 0.3) is 5.91 Å². The molecule has 0 aromatic heterocycles. The lowest BCUT2D eigenvalue weighted by Gasteiger charge is -2.11. The maximum atomic E-state index is 12.0. The van der Waals surface area contributed by atoms with E-state index in [4.69, 9.17) is 22.1 Å². The molecule has 0 heterocycles. The third-order valence-electron chi connectivity index (χ3n) is 2.87. The first-order chi connectivity index (χ1) is 10.4. The number of nitrogens with one attached hydrogen (secondary N) is 2. The van der Waals surface area contributed by atoms with Crippen molar-refractivity contribution >= 4 is 23.2 Å². The van der Waals surface area contributed by atoms with Crippen molar-refractivity contribution in [3.8, 4) is 5.75 Å². The standard InChI is InChI=1S/C16H24N2O3S/c1-11(2)8-9-21-14-6-4-13(5-7-14)15(20)18-16(22)17-10-12(3)19/h4-7,11-12,19H,8-10H2,1-3H3,(H2,17,18,20,22). The van der Waals surface area contributed by atoms with Crippen molar-refractivity contribution in [2.75, 3.05) is 13.2 Å². The second-order valence-electron chi connectivity index (χ2n) is 5.57. The van der Waals surface area contributed by atoms with Crippen LogP contribution in [0.2, 0.25) is 0 Å². The highest BCUT2D eigenvalue weighted by molar-refractivity contribution is 7.80. The molecule has 0 aliphatic rings. The molecule has 122 valence electrons. The summed E-state index contributed by atoms with van der Waals surface area (Å²) in [6, 6.07) is 6.91. The molecule has 1 aromatic rings. The van der Waals surface area contributed by atoms with Crippen LogP contribution in [0.15, 0.2) is 24.3 Å². The van der Waals surface area contributed by atoms with Gasteiger partial charge in [-0.15, -0.1) is 0 Å². The van der Waals surface area contributed by atoms with Gasteiger partial charge in [0.05, 0.1) is 12.7 Å². The first kappa shape index (κ1) is 18.4. The van der Waals surface area contributed by atoms with Crippen LogP contribution in [0.4, 0.5) is 0 Å². The van der Waals surface area contributed by atoms with Crippen LogP contribution >= 0.6 is 12.2 Å². The van der Waals surface area contributed by atoms with E-state index in [1.165, 1.54) is 0 Å². The molecule has 5 nitrogen and oxygen atoms in total. The number of carbonyl (C=O) groups is 1. The van der Waals surface area contributed by atoms with Crippen molar-refractivity contribution in [3.05, 3.63) is 29.8 Å². The third kappa shape index (κ3) is 7.38. The summed E-state index contributed by atoms with van der Waals surface area (Å²) in [6.45, 7) is 6.88. The van der Waals surface area contributed by atoms with E-state index in [1.54, 1.807) is 31.2 Å². The SMILES string of the molecule is CC(C)CCOc1ccc(C(=O)NC(=S)NCC(C)O)cc1. The Labute approximate surface area is 137 Å². The van der Waals surface area contributed by atoms with Gasteiger partial charge >= 0.3 is 0 Å². The van der Waals surface area contributed by atoms with Gasteiger partial charge in [0.15, 0.2) is 5.11 Å². The van der Waals surface area contributed by atoms with Crippen LogP contribution in [0.3, 0.4) is 0 Å². The summed E-state index contributed by atoms with van der Waals surface area (Å²) < 4.78 is 5.60. The van der Waals surface area contributed by atoms with E-state index in [1.807, 2.05) is 0 Å². The van der Waals surface area contributed by atoms with Gasteiger partial charge in [-0.1, -0.05) is 13.8 Å². The summed E-state index contributed by atoms with van der Waals surface area (Å²) in [4.78, 5) is 12.0. The van der Waals surface area contributed by atoms with Gasteiger partial charge < -0.3 is 15.2 Å². The number of rotatable bonds is 7. The van der Waals surface area contributed by atoms with E-state index < -0.39 is 6.10 Å². The highest BCUT2D eigenvalue weighted by Crippen LogP contribution is 2.13. The lowest BCUT2D eigenvalue weighted by Crippen LogP contribution is -2.41. The summed E-state index contributed by atoms with van der Waals surface area (Å²) in [5.41, 5.74) is 0.498. The first-order valence-electron chi connectivity index (χ1n) is 7.38. The Hall–Kier alpha value is -1.66. The Morgan fingerprint density at radius 3 is 2.45 bits per heavy atom. The minimum Gasteiger partial charge on any atom is -0.494 e. The summed E-state index contributed by atoms with van der Waals surface area (Å²) in [5, 5.41) is 14.7. The number of hydrogen-bond donors (Lipinski definition) is 3. The molecule has 1 rings (SSSR count). The van der Waals surface area contributed by atoms with E-state index in [2.05, 4.69) is 24.5 Å². The van der Waals surface area contributed by atoms with Crippen molar-refractivity contribution in [2.24, 2.45) is 5.92 Å². The molecule has 1 aromatic carbocycles. The molecule has 0 fully saturated rings. The van der Waals surface area contributed by atoms with Crippen LogP contribution in [0.1, 0.15) is 37.6 Å². The maximum Gasteiger partial charge on any atom is 0.257 e.